The topological polar surface area (TPSA) is 101 Å². The standard InChI is InChI=1S/C17H11BrN2O5/c1-24-14-8-12(20-19-11-4-2-10(18)3-5-11)6-9-7-13(16(21)22)17(23)25-15(9)14/h2-8H,1H3,(H,21,22)/b20-19+. The predicted molar refractivity (Wildman–Crippen MR) is 94.3 cm³/mol. The number of rotatable bonds is 4. The Morgan fingerprint density at radius 1 is 1.12 bits per heavy atom. The average molecular weight is 403 g/mol. The van der Waals surface area contributed by atoms with Crippen LogP contribution < -0.4 is 10.4 Å². The van der Waals surface area contributed by atoms with E-state index in [1.54, 1.807) is 24.3 Å². The van der Waals surface area contributed by atoms with Crippen molar-refractivity contribution in [3.63, 3.8) is 0 Å². The molecule has 0 radical (unpaired) electrons. The molecule has 3 aromatic rings. The smallest absolute Gasteiger partial charge is 0.351 e. The summed E-state index contributed by atoms with van der Waals surface area (Å²) in [6.07, 6.45) is 0. The molecule has 3 rings (SSSR count). The number of nitrogens with zero attached hydrogens (tertiary/aromatic N) is 2. The highest BCUT2D eigenvalue weighted by molar-refractivity contribution is 9.10. The highest BCUT2D eigenvalue weighted by atomic mass is 79.9. The Balaban J connectivity index is 2.09. The summed E-state index contributed by atoms with van der Waals surface area (Å²) in [6, 6.07) is 11.6. The number of carboxylic acid groups (broad SMARTS) is 1. The van der Waals surface area contributed by atoms with Crippen LogP contribution in [0.2, 0.25) is 0 Å². The highest BCUT2D eigenvalue weighted by Gasteiger charge is 2.15. The van der Waals surface area contributed by atoms with Crippen molar-refractivity contribution in [3.8, 4) is 5.75 Å². The summed E-state index contributed by atoms with van der Waals surface area (Å²) in [6.45, 7) is 0. The van der Waals surface area contributed by atoms with Gasteiger partial charge in [0.05, 0.1) is 18.5 Å². The zero-order valence-corrected chi connectivity index (χ0v) is 14.5. The van der Waals surface area contributed by atoms with E-state index in [1.807, 2.05) is 12.1 Å². The van der Waals surface area contributed by atoms with E-state index in [9.17, 15) is 9.59 Å². The fourth-order valence-corrected chi connectivity index (χ4v) is 2.43. The van der Waals surface area contributed by atoms with Gasteiger partial charge in [0.1, 0.15) is 5.56 Å². The van der Waals surface area contributed by atoms with E-state index < -0.39 is 17.2 Å². The van der Waals surface area contributed by atoms with Crippen LogP contribution in [0.15, 0.2) is 66.4 Å². The van der Waals surface area contributed by atoms with Crippen LogP contribution in [-0.4, -0.2) is 18.2 Å². The molecule has 0 aliphatic carbocycles. The molecule has 0 aliphatic rings. The Morgan fingerprint density at radius 2 is 1.80 bits per heavy atom. The molecule has 1 aromatic heterocycles. The summed E-state index contributed by atoms with van der Waals surface area (Å²) >= 11 is 3.34. The third kappa shape index (κ3) is 3.58. The second-order valence-electron chi connectivity index (χ2n) is 5.00. The van der Waals surface area contributed by atoms with Crippen LogP contribution in [0.3, 0.4) is 0 Å². The molecular formula is C17H11BrN2O5. The monoisotopic (exact) mass is 402 g/mol. The third-order valence-electron chi connectivity index (χ3n) is 3.34. The van der Waals surface area contributed by atoms with Gasteiger partial charge in [0.15, 0.2) is 11.3 Å². The average Bonchev–Trinajstić information content (AvgIpc) is 2.60. The first-order valence-corrected chi connectivity index (χ1v) is 7.84. The number of carbonyl (C=O) groups is 1. The minimum absolute atomic E-state index is 0.153. The normalized spacial score (nSPS) is 11.1. The van der Waals surface area contributed by atoms with Gasteiger partial charge in [-0.3, -0.25) is 0 Å². The molecule has 0 atom stereocenters. The van der Waals surface area contributed by atoms with Gasteiger partial charge in [-0.2, -0.15) is 10.2 Å². The van der Waals surface area contributed by atoms with Crippen LogP contribution in [0.25, 0.3) is 11.0 Å². The number of azo groups is 1. The van der Waals surface area contributed by atoms with Gasteiger partial charge >= 0.3 is 11.6 Å². The summed E-state index contributed by atoms with van der Waals surface area (Å²) in [7, 11) is 1.41. The van der Waals surface area contributed by atoms with Crippen molar-refractivity contribution in [2.24, 2.45) is 10.2 Å². The summed E-state index contributed by atoms with van der Waals surface area (Å²) in [5, 5.41) is 17.7. The molecule has 25 heavy (non-hydrogen) atoms. The van der Waals surface area contributed by atoms with Crippen molar-refractivity contribution in [2.45, 2.75) is 0 Å². The molecule has 2 aromatic carbocycles. The first-order valence-electron chi connectivity index (χ1n) is 7.04. The molecule has 0 aliphatic heterocycles. The number of carboxylic acids is 1. The molecule has 1 heterocycles. The Hall–Kier alpha value is -3.00. The number of benzene rings is 2. The van der Waals surface area contributed by atoms with Gasteiger partial charge in [0.2, 0.25) is 0 Å². The van der Waals surface area contributed by atoms with Crippen molar-refractivity contribution in [1.82, 2.24) is 0 Å². The highest BCUT2D eigenvalue weighted by Crippen LogP contribution is 2.32. The maximum atomic E-state index is 11.7. The molecule has 0 amide bonds. The van der Waals surface area contributed by atoms with Gasteiger partial charge in [-0.25, -0.2) is 9.59 Å². The summed E-state index contributed by atoms with van der Waals surface area (Å²) in [5.74, 6) is -1.10. The van der Waals surface area contributed by atoms with Crippen LogP contribution in [0.1, 0.15) is 10.4 Å². The van der Waals surface area contributed by atoms with Gasteiger partial charge in [0, 0.05) is 15.9 Å². The summed E-state index contributed by atoms with van der Waals surface area (Å²) in [4.78, 5) is 22.8. The molecular weight excluding hydrogens is 392 g/mol. The second kappa shape index (κ2) is 6.86. The molecule has 8 heteroatoms. The molecule has 0 saturated heterocycles. The van der Waals surface area contributed by atoms with Gasteiger partial charge in [0.25, 0.3) is 0 Å². The predicted octanol–water partition coefficient (Wildman–Crippen LogP) is 4.68. The third-order valence-corrected chi connectivity index (χ3v) is 3.87. The lowest BCUT2D eigenvalue weighted by molar-refractivity contribution is 0.0692. The van der Waals surface area contributed by atoms with Crippen LogP contribution in [0.4, 0.5) is 11.4 Å². The Labute approximate surface area is 149 Å². The molecule has 126 valence electrons. The van der Waals surface area contributed by atoms with Crippen LogP contribution in [0, 0.1) is 0 Å². The fraction of sp³-hybridized carbons (Fsp3) is 0.0588. The number of methoxy groups -OCH3 is 1. The van der Waals surface area contributed by atoms with E-state index in [0.29, 0.717) is 16.8 Å². The molecule has 1 N–H and O–H groups in total. The number of ether oxygens (including phenoxy) is 1. The Morgan fingerprint density at radius 3 is 2.44 bits per heavy atom. The van der Waals surface area contributed by atoms with Crippen molar-refractivity contribution in [1.29, 1.82) is 0 Å². The van der Waals surface area contributed by atoms with E-state index in [4.69, 9.17) is 14.3 Å². The zero-order valence-electron chi connectivity index (χ0n) is 12.9. The van der Waals surface area contributed by atoms with E-state index in [0.717, 1.165) is 4.47 Å². The van der Waals surface area contributed by atoms with Gasteiger partial charge < -0.3 is 14.3 Å². The van der Waals surface area contributed by atoms with E-state index in [1.165, 1.54) is 13.2 Å². The molecule has 0 bridgehead atoms. The van der Waals surface area contributed by atoms with Crippen molar-refractivity contribution >= 4 is 44.2 Å². The van der Waals surface area contributed by atoms with Gasteiger partial charge in [-0.05, 0) is 36.4 Å². The van der Waals surface area contributed by atoms with Crippen LogP contribution in [0.5, 0.6) is 5.75 Å². The number of hydrogen-bond acceptors (Lipinski definition) is 6. The SMILES string of the molecule is COc1cc(/N=N/c2ccc(Br)cc2)cc2cc(C(=O)O)c(=O)oc12. The van der Waals surface area contributed by atoms with E-state index in [-0.39, 0.29) is 11.3 Å². The molecule has 0 unspecified atom stereocenters. The lowest BCUT2D eigenvalue weighted by Crippen LogP contribution is -2.13. The van der Waals surface area contributed by atoms with Crippen LogP contribution >= 0.6 is 15.9 Å². The van der Waals surface area contributed by atoms with Crippen molar-refractivity contribution in [2.75, 3.05) is 7.11 Å². The van der Waals surface area contributed by atoms with Gasteiger partial charge in [-0.15, -0.1) is 0 Å². The first-order chi connectivity index (χ1) is 12.0. The number of fused-ring (bicyclic) bond motifs is 1. The largest absolute Gasteiger partial charge is 0.493 e. The number of aromatic carboxylic acids is 1. The lowest BCUT2D eigenvalue weighted by atomic mass is 10.1. The number of hydrogen-bond donors (Lipinski definition) is 1. The fourth-order valence-electron chi connectivity index (χ4n) is 2.17. The Bertz CT molecular complexity index is 1040. The summed E-state index contributed by atoms with van der Waals surface area (Å²) < 4.78 is 11.2. The summed E-state index contributed by atoms with van der Waals surface area (Å²) in [5.41, 5.74) is -0.176. The van der Waals surface area contributed by atoms with Gasteiger partial charge in [-0.1, -0.05) is 15.9 Å². The quantitative estimate of drug-likeness (QED) is 0.504. The first kappa shape index (κ1) is 16.8. The minimum atomic E-state index is -1.36. The minimum Gasteiger partial charge on any atom is -0.493 e. The molecule has 0 fully saturated rings. The molecule has 7 nitrogen and oxygen atoms in total. The second-order valence-corrected chi connectivity index (χ2v) is 5.91. The van der Waals surface area contributed by atoms with Crippen molar-refractivity contribution in [3.05, 3.63) is 62.9 Å². The van der Waals surface area contributed by atoms with E-state index in [2.05, 4.69) is 26.2 Å². The van der Waals surface area contributed by atoms with Crippen molar-refractivity contribution < 1.29 is 19.1 Å². The maximum Gasteiger partial charge on any atom is 0.351 e. The Kier molecular flexibility index (Phi) is 4.62. The molecule has 0 spiro atoms. The zero-order chi connectivity index (χ0) is 18.0. The van der Waals surface area contributed by atoms with E-state index >= 15 is 0 Å². The van der Waals surface area contributed by atoms with Crippen LogP contribution in [-0.2, 0) is 0 Å². The molecule has 0 saturated carbocycles. The lowest BCUT2D eigenvalue weighted by Gasteiger charge is -2.06. The number of halogens is 1. The maximum absolute atomic E-state index is 11.7.